The molecular formula is C17H17N3O. The maximum Gasteiger partial charge on any atom is 0.179 e. The van der Waals surface area contributed by atoms with Gasteiger partial charge in [-0.2, -0.15) is 5.26 Å². The number of hydrogen-bond donors (Lipinski definition) is 0. The zero-order valence-corrected chi connectivity index (χ0v) is 12.0. The zero-order chi connectivity index (χ0) is 14.4. The molecule has 1 spiro atoms. The summed E-state index contributed by atoms with van der Waals surface area (Å²) in [4.78, 5) is 1.81. The monoisotopic (exact) mass is 279 g/mol. The minimum atomic E-state index is -0.294. The number of hydrogen-bond acceptors (Lipinski definition) is 3. The molecule has 2 aliphatic rings. The van der Waals surface area contributed by atoms with Crippen LogP contribution < -0.4 is 4.74 Å². The lowest BCUT2D eigenvalue weighted by molar-refractivity contribution is -0.00103. The summed E-state index contributed by atoms with van der Waals surface area (Å²) < 4.78 is 8.70. The van der Waals surface area contributed by atoms with Crippen molar-refractivity contribution in [3.63, 3.8) is 0 Å². The molecule has 106 valence electrons. The molecule has 1 fully saturated rings. The van der Waals surface area contributed by atoms with Crippen LogP contribution in [0.2, 0.25) is 0 Å². The molecule has 2 aliphatic heterocycles. The average Bonchev–Trinajstić information content (AvgIpc) is 2.98. The Morgan fingerprint density at radius 1 is 1.24 bits per heavy atom. The van der Waals surface area contributed by atoms with E-state index in [0.29, 0.717) is 0 Å². The van der Waals surface area contributed by atoms with E-state index in [-0.39, 0.29) is 5.60 Å². The Morgan fingerprint density at radius 2 is 2.05 bits per heavy atom. The number of fused-ring (bicyclic) bond motifs is 4. The summed E-state index contributed by atoms with van der Waals surface area (Å²) in [5.74, 6) is 0.948. The number of ether oxygens (including phenoxy) is 1. The van der Waals surface area contributed by atoms with E-state index in [1.807, 2.05) is 4.90 Å². The van der Waals surface area contributed by atoms with Gasteiger partial charge in [0, 0.05) is 32.1 Å². The van der Waals surface area contributed by atoms with Crippen molar-refractivity contribution in [3.05, 3.63) is 47.8 Å². The first-order valence-corrected chi connectivity index (χ1v) is 7.34. The topological polar surface area (TPSA) is 41.2 Å². The molecule has 0 aliphatic carbocycles. The van der Waals surface area contributed by atoms with Gasteiger partial charge in [0.25, 0.3) is 0 Å². The lowest BCUT2D eigenvalue weighted by atomic mass is 9.86. The van der Waals surface area contributed by atoms with Crippen LogP contribution in [0.25, 0.3) is 5.69 Å². The molecule has 3 heterocycles. The number of nitrogens with zero attached hydrogens (tertiary/aromatic N) is 3. The summed E-state index contributed by atoms with van der Waals surface area (Å²) >= 11 is 0. The summed E-state index contributed by atoms with van der Waals surface area (Å²) in [6.45, 7) is 3.59. The van der Waals surface area contributed by atoms with Crippen LogP contribution in [0.3, 0.4) is 0 Å². The number of piperidine rings is 1. The molecule has 4 heteroatoms. The molecule has 1 aromatic carbocycles. The van der Waals surface area contributed by atoms with Crippen molar-refractivity contribution in [2.45, 2.75) is 25.4 Å². The minimum Gasteiger partial charge on any atom is -0.479 e. The van der Waals surface area contributed by atoms with Crippen LogP contribution in [0.4, 0.5) is 0 Å². The SMILES string of the molecule is Cc1ccc2c(c1)OC1(CCN(C#N)CC1)c1cccn1-2. The van der Waals surface area contributed by atoms with Crippen LogP contribution in [0, 0.1) is 18.4 Å². The molecule has 0 N–H and O–H groups in total. The van der Waals surface area contributed by atoms with E-state index < -0.39 is 0 Å². The summed E-state index contributed by atoms with van der Waals surface area (Å²) in [6.07, 6.45) is 6.03. The van der Waals surface area contributed by atoms with Gasteiger partial charge in [0.05, 0.1) is 11.4 Å². The van der Waals surface area contributed by atoms with Crippen LogP contribution in [0.15, 0.2) is 36.5 Å². The fraction of sp³-hybridized carbons (Fsp3) is 0.353. The van der Waals surface area contributed by atoms with Crippen molar-refractivity contribution >= 4 is 0 Å². The Bertz CT molecular complexity index is 733. The van der Waals surface area contributed by atoms with Crippen LogP contribution >= 0.6 is 0 Å². The molecular weight excluding hydrogens is 262 g/mol. The molecule has 4 rings (SSSR count). The van der Waals surface area contributed by atoms with Gasteiger partial charge in [0.1, 0.15) is 5.75 Å². The molecule has 0 amide bonds. The Kier molecular flexibility index (Phi) is 2.52. The summed E-state index contributed by atoms with van der Waals surface area (Å²) in [5, 5.41) is 9.06. The van der Waals surface area contributed by atoms with Crippen LogP contribution in [-0.2, 0) is 5.60 Å². The van der Waals surface area contributed by atoms with E-state index in [2.05, 4.69) is 54.2 Å². The molecule has 0 saturated carbocycles. The maximum atomic E-state index is 9.06. The largest absolute Gasteiger partial charge is 0.479 e. The molecule has 21 heavy (non-hydrogen) atoms. The number of likely N-dealkylation sites (tertiary alicyclic amines) is 1. The third kappa shape index (κ3) is 1.74. The van der Waals surface area contributed by atoms with E-state index in [9.17, 15) is 0 Å². The standard InChI is InChI=1S/C17H17N3O/c1-13-4-5-14-15(11-13)21-17(16-3-2-8-20(14)16)6-9-19(12-18)10-7-17/h2-5,8,11H,6-7,9-10H2,1H3. The first-order valence-electron chi connectivity index (χ1n) is 7.34. The van der Waals surface area contributed by atoms with E-state index in [1.165, 1.54) is 11.3 Å². The summed E-state index contributed by atoms with van der Waals surface area (Å²) in [7, 11) is 0. The second-order valence-corrected chi connectivity index (χ2v) is 5.92. The minimum absolute atomic E-state index is 0.294. The molecule has 1 saturated heterocycles. The van der Waals surface area contributed by atoms with Gasteiger partial charge in [0.15, 0.2) is 11.8 Å². The number of aryl methyl sites for hydroxylation is 1. The highest BCUT2D eigenvalue weighted by Crippen LogP contribution is 2.45. The molecule has 0 atom stereocenters. The van der Waals surface area contributed by atoms with Crippen molar-refractivity contribution in [1.29, 1.82) is 5.26 Å². The Balaban J connectivity index is 1.81. The first kappa shape index (κ1) is 12.3. The predicted molar refractivity (Wildman–Crippen MR) is 79.2 cm³/mol. The summed E-state index contributed by atoms with van der Waals surface area (Å²) in [6, 6.07) is 10.6. The van der Waals surface area contributed by atoms with Crippen molar-refractivity contribution < 1.29 is 4.74 Å². The van der Waals surface area contributed by atoms with E-state index in [4.69, 9.17) is 10.00 Å². The number of nitriles is 1. The molecule has 0 bridgehead atoms. The summed E-state index contributed by atoms with van der Waals surface area (Å²) in [5.41, 5.74) is 3.22. The van der Waals surface area contributed by atoms with Crippen molar-refractivity contribution in [3.8, 4) is 17.6 Å². The fourth-order valence-electron chi connectivity index (χ4n) is 3.45. The lowest BCUT2D eigenvalue weighted by Crippen LogP contribution is -2.47. The van der Waals surface area contributed by atoms with Gasteiger partial charge in [-0.3, -0.25) is 0 Å². The molecule has 0 unspecified atom stereocenters. The van der Waals surface area contributed by atoms with E-state index in [1.54, 1.807) is 0 Å². The third-order valence-corrected chi connectivity index (χ3v) is 4.61. The predicted octanol–water partition coefficient (Wildman–Crippen LogP) is 2.95. The second-order valence-electron chi connectivity index (χ2n) is 5.92. The van der Waals surface area contributed by atoms with Gasteiger partial charge in [-0.1, -0.05) is 6.07 Å². The van der Waals surface area contributed by atoms with E-state index in [0.717, 1.165) is 37.4 Å². The first-order chi connectivity index (χ1) is 10.2. The van der Waals surface area contributed by atoms with Crippen molar-refractivity contribution in [1.82, 2.24) is 9.47 Å². The van der Waals surface area contributed by atoms with Crippen molar-refractivity contribution in [2.24, 2.45) is 0 Å². The second kappa shape index (κ2) is 4.29. The van der Waals surface area contributed by atoms with Gasteiger partial charge in [-0.15, -0.1) is 0 Å². The number of aromatic nitrogens is 1. The van der Waals surface area contributed by atoms with Crippen LogP contribution in [0.1, 0.15) is 24.1 Å². The molecule has 2 aromatic rings. The van der Waals surface area contributed by atoms with Crippen molar-refractivity contribution in [2.75, 3.05) is 13.1 Å². The van der Waals surface area contributed by atoms with Crippen LogP contribution in [0.5, 0.6) is 5.75 Å². The average molecular weight is 279 g/mol. The smallest absolute Gasteiger partial charge is 0.179 e. The lowest BCUT2D eigenvalue weighted by Gasteiger charge is -2.43. The number of rotatable bonds is 0. The van der Waals surface area contributed by atoms with Gasteiger partial charge in [0.2, 0.25) is 0 Å². The molecule has 0 radical (unpaired) electrons. The molecule has 1 aromatic heterocycles. The van der Waals surface area contributed by atoms with Crippen LogP contribution in [-0.4, -0.2) is 22.6 Å². The fourth-order valence-corrected chi connectivity index (χ4v) is 3.45. The molecule has 4 nitrogen and oxygen atoms in total. The highest BCUT2D eigenvalue weighted by atomic mass is 16.5. The van der Waals surface area contributed by atoms with Gasteiger partial charge in [-0.05, 0) is 36.8 Å². The maximum absolute atomic E-state index is 9.06. The van der Waals surface area contributed by atoms with Gasteiger partial charge >= 0.3 is 0 Å². The highest BCUT2D eigenvalue weighted by molar-refractivity contribution is 5.53. The quantitative estimate of drug-likeness (QED) is 0.696. The Morgan fingerprint density at radius 3 is 2.81 bits per heavy atom. The van der Waals surface area contributed by atoms with Gasteiger partial charge in [-0.25, -0.2) is 0 Å². The zero-order valence-electron chi connectivity index (χ0n) is 12.0. The normalized spacial score (nSPS) is 18.6. The third-order valence-electron chi connectivity index (χ3n) is 4.61. The number of benzene rings is 1. The van der Waals surface area contributed by atoms with E-state index >= 15 is 0 Å². The van der Waals surface area contributed by atoms with Gasteiger partial charge < -0.3 is 14.2 Å². The Hall–Kier alpha value is -2.41. The highest BCUT2D eigenvalue weighted by Gasteiger charge is 2.43. The Labute approximate surface area is 124 Å².